The van der Waals surface area contributed by atoms with Crippen LogP contribution < -0.4 is 11.1 Å². The highest BCUT2D eigenvalue weighted by Crippen LogP contribution is 2.22. The molecular weight excluding hydrogens is 222 g/mol. The molecule has 0 unspecified atom stereocenters. The van der Waals surface area contributed by atoms with Crippen molar-refractivity contribution < 1.29 is 0 Å². The number of halogens is 1. The van der Waals surface area contributed by atoms with Crippen LogP contribution in [0.25, 0.3) is 0 Å². The van der Waals surface area contributed by atoms with Gasteiger partial charge in [-0.3, -0.25) is 0 Å². The molecule has 1 aromatic carbocycles. The molecular formula is C12H14ClN3. The average molecular weight is 236 g/mol. The Labute approximate surface area is 99.6 Å². The molecule has 0 bridgehead atoms. The van der Waals surface area contributed by atoms with Crippen LogP contribution >= 0.6 is 11.6 Å². The van der Waals surface area contributed by atoms with Crippen LogP contribution in [0.1, 0.15) is 5.69 Å². The lowest BCUT2D eigenvalue weighted by molar-refractivity contribution is 0.978. The normalized spacial score (nSPS) is 10.3. The summed E-state index contributed by atoms with van der Waals surface area (Å²) in [7, 11) is 0. The molecule has 2 rings (SSSR count). The van der Waals surface area contributed by atoms with Crippen molar-refractivity contribution in [3.63, 3.8) is 0 Å². The van der Waals surface area contributed by atoms with Crippen LogP contribution in [-0.2, 0) is 6.42 Å². The van der Waals surface area contributed by atoms with Gasteiger partial charge in [-0.1, -0.05) is 11.6 Å². The summed E-state index contributed by atoms with van der Waals surface area (Å²) in [5.41, 5.74) is 8.63. The number of hydrogen-bond acceptors (Lipinski definition) is 2. The fraction of sp³-hybridized carbons (Fsp3) is 0.167. The van der Waals surface area contributed by atoms with E-state index >= 15 is 0 Å². The predicted molar refractivity (Wildman–Crippen MR) is 68.9 cm³/mol. The number of anilines is 2. The smallest absolute Gasteiger partial charge is 0.0588 e. The number of nitrogen functional groups attached to an aromatic ring is 1. The van der Waals surface area contributed by atoms with E-state index in [2.05, 4.69) is 16.4 Å². The topological polar surface area (TPSA) is 53.8 Å². The number of nitrogens with one attached hydrogen (secondary N) is 2. The van der Waals surface area contributed by atoms with Gasteiger partial charge in [0.05, 0.1) is 11.4 Å². The predicted octanol–water partition coefficient (Wildman–Crippen LogP) is 2.90. The first-order valence-electron chi connectivity index (χ1n) is 5.17. The Hall–Kier alpha value is -1.61. The van der Waals surface area contributed by atoms with Gasteiger partial charge in [0.2, 0.25) is 0 Å². The molecule has 1 aromatic heterocycles. The number of nitrogens with two attached hydrogens (primary N) is 1. The van der Waals surface area contributed by atoms with Crippen LogP contribution in [0.3, 0.4) is 0 Å². The first kappa shape index (κ1) is 10.9. The fourth-order valence-electron chi connectivity index (χ4n) is 1.54. The van der Waals surface area contributed by atoms with Crippen molar-refractivity contribution in [2.24, 2.45) is 0 Å². The Bertz CT molecular complexity index is 451. The zero-order valence-electron chi connectivity index (χ0n) is 8.83. The zero-order valence-corrected chi connectivity index (χ0v) is 9.59. The van der Waals surface area contributed by atoms with Crippen LogP contribution in [-0.4, -0.2) is 11.5 Å². The number of hydrogen-bond donors (Lipinski definition) is 3. The second kappa shape index (κ2) is 4.94. The molecule has 0 atom stereocenters. The van der Waals surface area contributed by atoms with E-state index in [4.69, 9.17) is 17.3 Å². The molecule has 0 saturated heterocycles. The molecule has 0 aliphatic heterocycles. The average Bonchev–Trinajstić information content (AvgIpc) is 2.76. The Balaban J connectivity index is 1.92. The third-order valence-electron chi connectivity index (χ3n) is 2.39. The van der Waals surface area contributed by atoms with Gasteiger partial charge in [-0.15, -0.1) is 0 Å². The summed E-state index contributed by atoms with van der Waals surface area (Å²) in [6.45, 7) is 0.824. The van der Waals surface area contributed by atoms with Gasteiger partial charge >= 0.3 is 0 Å². The van der Waals surface area contributed by atoms with Gasteiger partial charge in [0.1, 0.15) is 0 Å². The first-order chi connectivity index (χ1) is 7.75. The number of H-pyrrole nitrogens is 1. The molecule has 0 spiro atoms. The van der Waals surface area contributed by atoms with Crippen molar-refractivity contribution in [1.29, 1.82) is 0 Å². The lowest BCUT2D eigenvalue weighted by Gasteiger charge is -2.08. The minimum absolute atomic E-state index is 0.691. The SMILES string of the molecule is Nc1ccc(Cl)cc1NCCc1ccc[nH]1. The maximum absolute atomic E-state index is 5.89. The summed E-state index contributed by atoms with van der Waals surface area (Å²) < 4.78 is 0. The Morgan fingerprint density at radius 3 is 2.94 bits per heavy atom. The maximum atomic E-state index is 5.89. The van der Waals surface area contributed by atoms with Crippen molar-refractivity contribution in [1.82, 2.24) is 4.98 Å². The van der Waals surface area contributed by atoms with Crippen LogP contribution in [0.5, 0.6) is 0 Å². The molecule has 0 saturated carbocycles. The van der Waals surface area contributed by atoms with Gasteiger partial charge in [0, 0.05) is 29.9 Å². The molecule has 84 valence electrons. The molecule has 4 heteroatoms. The first-order valence-corrected chi connectivity index (χ1v) is 5.54. The van der Waals surface area contributed by atoms with E-state index in [0.29, 0.717) is 5.02 Å². The van der Waals surface area contributed by atoms with Crippen molar-refractivity contribution >= 4 is 23.0 Å². The molecule has 16 heavy (non-hydrogen) atoms. The highest BCUT2D eigenvalue weighted by atomic mass is 35.5. The van der Waals surface area contributed by atoms with Crippen LogP contribution in [0.15, 0.2) is 36.5 Å². The molecule has 2 aromatic rings. The molecule has 0 fully saturated rings. The highest BCUT2D eigenvalue weighted by molar-refractivity contribution is 6.31. The summed E-state index contributed by atoms with van der Waals surface area (Å²) in [6, 6.07) is 9.48. The van der Waals surface area contributed by atoms with Crippen LogP contribution in [0.2, 0.25) is 5.02 Å². The summed E-state index contributed by atoms with van der Waals surface area (Å²) in [5, 5.41) is 3.95. The molecule has 1 heterocycles. The Kier molecular flexibility index (Phi) is 3.37. The minimum Gasteiger partial charge on any atom is -0.397 e. The lowest BCUT2D eigenvalue weighted by atomic mass is 10.2. The van der Waals surface area contributed by atoms with Crippen LogP contribution in [0, 0.1) is 0 Å². The number of rotatable bonds is 4. The van der Waals surface area contributed by atoms with Gasteiger partial charge < -0.3 is 16.0 Å². The Morgan fingerprint density at radius 2 is 2.19 bits per heavy atom. The summed E-state index contributed by atoms with van der Waals surface area (Å²) in [5.74, 6) is 0. The standard InChI is InChI=1S/C12H14ClN3/c13-9-3-4-11(14)12(8-9)16-7-5-10-2-1-6-15-10/h1-4,6,8,15-16H,5,7,14H2. The zero-order chi connectivity index (χ0) is 11.4. The van der Waals surface area contributed by atoms with E-state index in [1.54, 1.807) is 12.1 Å². The third-order valence-corrected chi connectivity index (χ3v) is 2.62. The molecule has 0 aliphatic rings. The summed E-state index contributed by atoms with van der Waals surface area (Å²) in [4.78, 5) is 3.15. The van der Waals surface area contributed by atoms with E-state index in [0.717, 1.165) is 24.3 Å². The van der Waals surface area contributed by atoms with Crippen molar-refractivity contribution in [3.8, 4) is 0 Å². The van der Waals surface area contributed by atoms with E-state index in [9.17, 15) is 0 Å². The van der Waals surface area contributed by atoms with Gasteiger partial charge in [0.15, 0.2) is 0 Å². The van der Waals surface area contributed by atoms with Gasteiger partial charge in [-0.05, 0) is 30.3 Å². The maximum Gasteiger partial charge on any atom is 0.0588 e. The largest absolute Gasteiger partial charge is 0.397 e. The Morgan fingerprint density at radius 1 is 1.31 bits per heavy atom. The van der Waals surface area contributed by atoms with Crippen molar-refractivity contribution in [3.05, 3.63) is 47.2 Å². The lowest BCUT2D eigenvalue weighted by Crippen LogP contribution is -2.06. The molecule has 4 N–H and O–H groups in total. The van der Waals surface area contributed by atoms with E-state index in [-0.39, 0.29) is 0 Å². The summed E-state index contributed by atoms with van der Waals surface area (Å²) >= 11 is 5.89. The van der Waals surface area contributed by atoms with E-state index in [1.807, 2.05) is 18.3 Å². The monoisotopic (exact) mass is 235 g/mol. The van der Waals surface area contributed by atoms with E-state index in [1.165, 1.54) is 5.69 Å². The number of benzene rings is 1. The third kappa shape index (κ3) is 2.70. The van der Waals surface area contributed by atoms with E-state index < -0.39 is 0 Å². The van der Waals surface area contributed by atoms with Crippen molar-refractivity contribution in [2.75, 3.05) is 17.6 Å². The number of aromatic amines is 1. The van der Waals surface area contributed by atoms with Gasteiger partial charge in [0.25, 0.3) is 0 Å². The number of aromatic nitrogens is 1. The second-order valence-electron chi connectivity index (χ2n) is 3.60. The molecule has 0 radical (unpaired) electrons. The quantitative estimate of drug-likeness (QED) is 0.714. The molecule has 0 aliphatic carbocycles. The fourth-order valence-corrected chi connectivity index (χ4v) is 1.71. The van der Waals surface area contributed by atoms with Gasteiger partial charge in [-0.2, -0.15) is 0 Å². The van der Waals surface area contributed by atoms with Crippen molar-refractivity contribution in [2.45, 2.75) is 6.42 Å². The highest BCUT2D eigenvalue weighted by Gasteiger charge is 1.99. The summed E-state index contributed by atoms with van der Waals surface area (Å²) in [6.07, 6.45) is 2.85. The minimum atomic E-state index is 0.691. The molecule has 0 amide bonds. The van der Waals surface area contributed by atoms with Gasteiger partial charge in [-0.25, -0.2) is 0 Å². The molecule has 3 nitrogen and oxygen atoms in total. The van der Waals surface area contributed by atoms with Crippen LogP contribution in [0.4, 0.5) is 11.4 Å². The second-order valence-corrected chi connectivity index (χ2v) is 4.04.